The molecule has 1 amide bonds. The molecule has 0 bridgehead atoms. The number of nitrogens with two attached hydrogens (primary N) is 1. The molecule has 1 heterocycles. The Hall–Kier alpha value is -4.01. The third-order valence-corrected chi connectivity index (χ3v) is 5.58. The van der Waals surface area contributed by atoms with E-state index in [1.807, 2.05) is 31.2 Å². The Kier molecular flexibility index (Phi) is 8.13. The Labute approximate surface area is 197 Å². The zero-order chi connectivity index (χ0) is 24.7. The quantitative estimate of drug-likeness (QED) is 0.474. The van der Waals surface area contributed by atoms with Gasteiger partial charge >= 0.3 is 5.69 Å². The lowest BCUT2D eigenvalue weighted by Crippen LogP contribution is -2.41. The fourth-order valence-corrected chi connectivity index (χ4v) is 3.78. The summed E-state index contributed by atoms with van der Waals surface area (Å²) in [5.41, 5.74) is 6.28. The lowest BCUT2D eigenvalue weighted by molar-refractivity contribution is -0.118. The van der Waals surface area contributed by atoms with Gasteiger partial charge in [-0.3, -0.25) is 24.0 Å². The lowest BCUT2D eigenvalue weighted by Gasteiger charge is -2.25. The van der Waals surface area contributed by atoms with Crippen LogP contribution in [0.3, 0.4) is 0 Å². The van der Waals surface area contributed by atoms with Crippen molar-refractivity contribution in [3.05, 3.63) is 80.5 Å². The summed E-state index contributed by atoms with van der Waals surface area (Å²) in [5.74, 6) is 0.688. The maximum absolute atomic E-state index is 13.6. The number of aromatic nitrogens is 2. The van der Waals surface area contributed by atoms with E-state index in [2.05, 4.69) is 4.98 Å². The summed E-state index contributed by atoms with van der Waals surface area (Å²) in [5, 5.41) is 0. The van der Waals surface area contributed by atoms with Gasteiger partial charge in [0.2, 0.25) is 5.91 Å². The largest absolute Gasteiger partial charge is 0.496 e. The summed E-state index contributed by atoms with van der Waals surface area (Å²) in [7, 11) is 3.06. The molecule has 0 aliphatic heterocycles. The number of para-hydroxylation sites is 2. The average Bonchev–Trinajstić information content (AvgIpc) is 2.83. The van der Waals surface area contributed by atoms with Crippen LogP contribution in [0.15, 0.2) is 58.1 Å². The Morgan fingerprint density at radius 1 is 1.00 bits per heavy atom. The van der Waals surface area contributed by atoms with Gasteiger partial charge in [-0.15, -0.1) is 0 Å². The number of aromatic amines is 1. The molecular weight excluding hydrogens is 436 g/mol. The van der Waals surface area contributed by atoms with Gasteiger partial charge in [-0.1, -0.05) is 49.7 Å². The maximum Gasteiger partial charge on any atom is 0.330 e. The first-order valence-corrected chi connectivity index (χ1v) is 11.1. The smallest absolute Gasteiger partial charge is 0.330 e. The van der Waals surface area contributed by atoms with E-state index in [0.29, 0.717) is 35.6 Å². The highest BCUT2D eigenvalue weighted by molar-refractivity contribution is 5.97. The number of ether oxygens (including phenoxy) is 2. The van der Waals surface area contributed by atoms with Gasteiger partial charge in [-0.05, 0) is 18.6 Å². The Bertz CT molecular complexity index is 1260. The molecule has 9 nitrogen and oxygen atoms in total. The summed E-state index contributed by atoms with van der Waals surface area (Å²) in [6.07, 6.45) is 1.49. The van der Waals surface area contributed by atoms with Crippen LogP contribution >= 0.6 is 0 Å². The number of amides is 1. The number of benzene rings is 2. The normalized spacial score (nSPS) is 10.7. The van der Waals surface area contributed by atoms with Crippen molar-refractivity contribution >= 4 is 17.4 Å². The van der Waals surface area contributed by atoms with E-state index in [9.17, 15) is 14.4 Å². The molecule has 0 radical (unpaired) electrons. The van der Waals surface area contributed by atoms with E-state index >= 15 is 0 Å². The van der Waals surface area contributed by atoms with Crippen LogP contribution < -0.4 is 31.4 Å². The molecular formula is C25H30N4O5. The molecule has 0 spiro atoms. The number of anilines is 2. The predicted molar refractivity (Wildman–Crippen MR) is 132 cm³/mol. The first kappa shape index (κ1) is 24.6. The molecule has 0 fully saturated rings. The van der Waals surface area contributed by atoms with Crippen molar-refractivity contribution in [2.75, 3.05) is 24.9 Å². The van der Waals surface area contributed by atoms with Crippen molar-refractivity contribution in [3.63, 3.8) is 0 Å². The molecule has 180 valence electrons. The van der Waals surface area contributed by atoms with Gasteiger partial charge < -0.3 is 15.2 Å². The number of H-pyrrole nitrogens is 1. The highest BCUT2D eigenvalue weighted by Gasteiger charge is 2.26. The summed E-state index contributed by atoms with van der Waals surface area (Å²) < 4.78 is 12.1. The molecule has 2 aromatic carbocycles. The standard InChI is InChI=1S/C25H30N4O5/c1-4-5-14-28-23(26)22(24(31)27-25(28)32)29(16-18-11-7-9-13-20(18)34-3)21(30)15-17-10-6-8-12-19(17)33-2/h6-13H,4-5,14-16,26H2,1-3H3,(H,27,31,32). The van der Waals surface area contributed by atoms with Crippen LogP contribution in [0, 0.1) is 0 Å². The minimum Gasteiger partial charge on any atom is -0.496 e. The highest BCUT2D eigenvalue weighted by atomic mass is 16.5. The molecule has 0 unspecified atom stereocenters. The first-order chi connectivity index (χ1) is 16.4. The number of nitrogens with one attached hydrogen (secondary N) is 1. The summed E-state index contributed by atoms with van der Waals surface area (Å²) in [6, 6.07) is 14.4. The third-order valence-electron chi connectivity index (χ3n) is 5.58. The van der Waals surface area contributed by atoms with E-state index in [-0.39, 0.29) is 30.4 Å². The van der Waals surface area contributed by atoms with Gasteiger partial charge in [0, 0.05) is 17.7 Å². The number of carbonyl (C=O) groups is 1. The molecule has 0 saturated carbocycles. The summed E-state index contributed by atoms with van der Waals surface area (Å²) in [4.78, 5) is 42.6. The molecule has 9 heteroatoms. The van der Waals surface area contributed by atoms with Crippen LogP contribution in [-0.2, 0) is 24.3 Å². The zero-order valence-electron chi connectivity index (χ0n) is 19.7. The number of nitrogen functional groups attached to an aromatic ring is 1. The molecule has 3 rings (SSSR count). The molecule has 0 atom stereocenters. The second kappa shape index (κ2) is 11.2. The Morgan fingerprint density at radius 2 is 1.59 bits per heavy atom. The fraction of sp³-hybridized carbons (Fsp3) is 0.320. The number of methoxy groups -OCH3 is 2. The molecule has 0 aliphatic carbocycles. The van der Waals surface area contributed by atoms with Crippen molar-refractivity contribution in [3.8, 4) is 11.5 Å². The third kappa shape index (κ3) is 5.31. The van der Waals surface area contributed by atoms with Crippen molar-refractivity contribution in [2.24, 2.45) is 0 Å². The van der Waals surface area contributed by atoms with Crippen molar-refractivity contribution < 1.29 is 14.3 Å². The van der Waals surface area contributed by atoms with Crippen LogP contribution in [0.25, 0.3) is 0 Å². The second-order valence-corrected chi connectivity index (χ2v) is 7.78. The molecule has 34 heavy (non-hydrogen) atoms. The van der Waals surface area contributed by atoms with Gasteiger partial charge in [-0.2, -0.15) is 0 Å². The lowest BCUT2D eigenvalue weighted by atomic mass is 10.1. The van der Waals surface area contributed by atoms with E-state index in [1.165, 1.54) is 23.7 Å². The van der Waals surface area contributed by atoms with Crippen molar-refractivity contribution in [2.45, 2.75) is 39.3 Å². The van der Waals surface area contributed by atoms with Crippen LogP contribution in [0.2, 0.25) is 0 Å². The first-order valence-electron chi connectivity index (χ1n) is 11.1. The van der Waals surface area contributed by atoms with Gasteiger partial charge in [0.1, 0.15) is 17.3 Å². The van der Waals surface area contributed by atoms with Gasteiger partial charge in [0.15, 0.2) is 5.69 Å². The van der Waals surface area contributed by atoms with E-state index in [4.69, 9.17) is 15.2 Å². The van der Waals surface area contributed by atoms with Crippen molar-refractivity contribution in [1.29, 1.82) is 0 Å². The van der Waals surface area contributed by atoms with Crippen LogP contribution in [0.4, 0.5) is 11.5 Å². The number of rotatable bonds is 10. The predicted octanol–water partition coefficient (Wildman–Crippen LogP) is 2.71. The Balaban J connectivity index is 2.13. The van der Waals surface area contributed by atoms with Crippen LogP contribution in [-0.4, -0.2) is 29.7 Å². The average molecular weight is 467 g/mol. The van der Waals surface area contributed by atoms with Gasteiger partial charge in [0.25, 0.3) is 5.56 Å². The topological polar surface area (TPSA) is 120 Å². The van der Waals surface area contributed by atoms with E-state index < -0.39 is 11.2 Å². The SMILES string of the molecule is CCCCn1c(N)c(N(Cc2ccccc2OC)C(=O)Cc2ccccc2OC)c(=O)[nH]c1=O. The van der Waals surface area contributed by atoms with Crippen molar-refractivity contribution in [1.82, 2.24) is 9.55 Å². The Morgan fingerprint density at radius 3 is 2.21 bits per heavy atom. The molecule has 3 aromatic rings. The second-order valence-electron chi connectivity index (χ2n) is 7.78. The van der Waals surface area contributed by atoms with Crippen LogP contribution in [0.5, 0.6) is 11.5 Å². The number of unbranched alkanes of at least 4 members (excludes halogenated alkanes) is 1. The highest BCUT2D eigenvalue weighted by Crippen LogP contribution is 2.26. The van der Waals surface area contributed by atoms with Gasteiger partial charge in [0.05, 0.1) is 27.2 Å². The monoisotopic (exact) mass is 466 g/mol. The molecule has 1 aromatic heterocycles. The summed E-state index contributed by atoms with van der Waals surface area (Å²) in [6.45, 7) is 2.34. The van der Waals surface area contributed by atoms with E-state index in [0.717, 1.165) is 6.42 Å². The summed E-state index contributed by atoms with van der Waals surface area (Å²) >= 11 is 0. The van der Waals surface area contributed by atoms with E-state index in [1.54, 1.807) is 24.3 Å². The number of nitrogens with zero attached hydrogens (tertiary/aromatic N) is 2. The van der Waals surface area contributed by atoms with Gasteiger partial charge in [-0.25, -0.2) is 4.79 Å². The minimum atomic E-state index is -0.724. The molecule has 0 saturated heterocycles. The maximum atomic E-state index is 13.6. The number of carbonyl (C=O) groups excluding carboxylic acids is 1. The zero-order valence-corrected chi connectivity index (χ0v) is 19.7. The fourth-order valence-electron chi connectivity index (χ4n) is 3.78. The number of hydrogen-bond donors (Lipinski definition) is 2. The minimum absolute atomic E-state index is 0.0251. The molecule has 3 N–H and O–H groups in total. The molecule has 0 aliphatic rings. The van der Waals surface area contributed by atoms with Crippen LogP contribution in [0.1, 0.15) is 30.9 Å². The number of hydrogen-bond acceptors (Lipinski definition) is 6.